The molecule has 2 N–H and O–H groups in total. The highest BCUT2D eigenvalue weighted by atomic mass is 16.6. The van der Waals surface area contributed by atoms with Gasteiger partial charge in [-0.25, -0.2) is 9.59 Å². The van der Waals surface area contributed by atoms with Crippen LogP contribution in [-0.4, -0.2) is 63.4 Å². The number of benzene rings is 1. The molecule has 44 heavy (non-hydrogen) atoms. The molecule has 1 aromatic carbocycles. The van der Waals surface area contributed by atoms with Crippen molar-refractivity contribution in [1.29, 1.82) is 0 Å². The number of carboxylic acids is 1. The minimum atomic E-state index is -1.14. The Morgan fingerprint density at radius 2 is 1.84 bits per heavy atom. The fraction of sp³-hybridized carbons (Fsp3) is 0.529. The molecule has 2 aliphatic carbocycles. The van der Waals surface area contributed by atoms with Crippen LogP contribution in [0, 0.1) is 11.8 Å². The van der Waals surface area contributed by atoms with Gasteiger partial charge in [0.05, 0.1) is 6.54 Å². The number of likely N-dealkylation sites (tertiary alicyclic amines) is 1. The molecule has 5 rings (SSSR count). The fourth-order valence-corrected chi connectivity index (χ4v) is 7.13. The average Bonchev–Trinajstić information content (AvgIpc) is 3.78. The van der Waals surface area contributed by atoms with Crippen molar-refractivity contribution in [3.8, 4) is 5.88 Å². The molecule has 5 atom stereocenters. The minimum absolute atomic E-state index is 0.0161. The van der Waals surface area contributed by atoms with Crippen LogP contribution in [0.1, 0.15) is 64.2 Å². The summed E-state index contributed by atoms with van der Waals surface area (Å²) in [5.41, 5.74) is -0.206. The second-order valence-electron chi connectivity index (χ2n) is 12.2. The largest absolute Gasteiger partial charge is 0.480 e. The Morgan fingerprint density at radius 1 is 1.07 bits per heavy atom. The van der Waals surface area contributed by atoms with Crippen LogP contribution >= 0.6 is 0 Å². The molecule has 2 saturated carbocycles. The first-order valence-electron chi connectivity index (χ1n) is 15.8. The van der Waals surface area contributed by atoms with Crippen molar-refractivity contribution in [3.63, 3.8) is 0 Å². The normalized spacial score (nSPS) is 24.2. The lowest BCUT2D eigenvalue weighted by molar-refractivity contribution is -0.149. The van der Waals surface area contributed by atoms with E-state index >= 15 is 0 Å². The van der Waals surface area contributed by atoms with Crippen molar-refractivity contribution < 1.29 is 29.0 Å². The number of allylic oxidation sites excluding steroid dienone is 2. The Hall–Kier alpha value is -4.08. The Kier molecular flexibility index (Phi) is 10.1. The van der Waals surface area contributed by atoms with Gasteiger partial charge in [-0.15, -0.1) is 13.2 Å². The highest BCUT2D eigenvalue weighted by Crippen LogP contribution is 2.33. The summed E-state index contributed by atoms with van der Waals surface area (Å²) < 4.78 is 13.6. The van der Waals surface area contributed by atoms with E-state index in [4.69, 9.17) is 9.47 Å². The highest BCUT2D eigenvalue weighted by Gasteiger charge is 2.46. The summed E-state index contributed by atoms with van der Waals surface area (Å²) in [7, 11) is 0. The van der Waals surface area contributed by atoms with Gasteiger partial charge in [-0.1, -0.05) is 43.2 Å². The van der Waals surface area contributed by atoms with Gasteiger partial charge in [-0.2, -0.15) is 0 Å². The number of fused-ring (bicyclic) bond motifs is 1. The average molecular weight is 606 g/mol. The molecule has 2 amide bonds. The number of alkyl carbamates (subject to hydrolysis) is 1. The van der Waals surface area contributed by atoms with Gasteiger partial charge < -0.3 is 24.8 Å². The molecule has 2 aromatic rings. The summed E-state index contributed by atoms with van der Waals surface area (Å²) in [6, 6.07) is 6.98. The summed E-state index contributed by atoms with van der Waals surface area (Å²) in [6.45, 7) is 7.94. The molecule has 0 bridgehead atoms. The third-order valence-electron chi connectivity index (χ3n) is 9.38. The number of nitrogens with one attached hydrogen (secondary N) is 1. The predicted octanol–water partition coefficient (Wildman–Crippen LogP) is 5.04. The van der Waals surface area contributed by atoms with Crippen LogP contribution in [0.3, 0.4) is 0 Å². The van der Waals surface area contributed by atoms with Crippen LogP contribution in [-0.2, 0) is 20.9 Å². The van der Waals surface area contributed by atoms with Crippen LogP contribution < -0.4 is 15.6 Å². The number of ether oxygens (including phenoxy) is 2. The quantitative estimate of drug-likeness (QED) is 0.325. The van der Waals surface area contributed by atoms with E-state index in [0.29, 0.717) is 29.6 Å². The van der Waals surface area contributed by atoms with E-state index in [9.17, 15) is 24.3 Å². The number of carboxylic acid groups (broad SMARTS) is 1. The molecular weight excluding hydrogens is 562 g/mol. The first-order chi connectivity index (χ1) is 21.3. The molecule has 1 saturated heterocycles. The molecule has 10 heteroatoms. The van der Waals surface area contributed by atoms with Crippen LogP contribution in [0.2, 0.25) is 0 Å². The minimum Gasteiger partial charge on any atom is -0.480 e. The Morgan fingerprint density at radius 3 is 2.57 bits per heavy atom. The third kappa shape index (κ3) is 6.84. The van der Waals surface area contributed by atoms with Gasteiger partial charge in [-0.3, -0.25) is 14.2 Å². The number of amides is 2. The zero-order chi connectivity index (χ0) is 31.2. The summed E-state index contributed by atoms with van der Waals surface area (Å²) in [4.78, 5) is 54.2. The standard InChI is InChI=1S/C34H43N3O7/c1-3-5-18-36-29(19-24-14-8-9-16-26(24)31(36)38)43-25-20-27(33(40)41)37(21-25)32(39)30(23-12-6-7-13-23)35-34(42)44-28-17-10-15-22(28)11-4-2/h3-4,8-9,14,16,19,22-23,25,27-28,30H,1-2,5-7,10-13,15,17-18,20-21H2,(H,35,42)(H,40,41)/t22-,25-,27+,28-,30+/m1/s1. The summed E-state index contributed by atoms with van der Waals surface area (Å²) in [5, 5.41) is 14.2. The number of aliphatic carboxylic acids is 1. The van der Waals surface area contributed by atoms with Gasteiger partial charge in [0.25, 0.3) is 5.56 Å². The van der Waals surface area contributed by atoms with E-state index in [1.165, 1.54) is 9.47 Å². The van der Waals surface area contributed by atoms with Crippen LogP contribution in [0.25, 0.3) is 10.8 Å². The molecule has 1 aromatic heterocycles. The topological polar surface area (TPSA) is 127 Å². The SMILES string of the molecule is C=CCCn1c(O[C@@H]2C[C@@H](C(=O)O)N(C(=O)[C@@H](NC(=O)O[C@@H]3CCC[C@H]3CC=C)C3CCCC3)C2)cc2ccccc2c1=O. The fourth-order valence-electron chi connectivity index (χ4n) is 7.13. The van der Waals surface area contributed by atoms with Gasteiger partial charge >= 0.3 is 12.1 Å². The molecule has 3 aliphatic rings. The van der Waals surface area contributed by atoms with E-state index in [0.717, 1.165) is 51.4 Å². The number of aromatic nitrogens is 1. The van der Waals surface area contributed by atoms with Crippen molar-refractivity contribution in [1.82, 2.24) is 14.8 Å². The summed E-state index contributed by atoms with van der Waals surface area (Å²) >= 11 is 0. The number of hydrogen-bond acceptors (Lipinski definition) is 6. The van der Waals surface area contributed by atoms with E-state index in [-0.39, 0.29) is 36.5 Å². The number of carbonyl (C=O) groups excluding carboxylic acids is 2. The molecule has 10 nitrogen and oxygen atoms in total. The summed E-state index contributed by atoms with van der Waals surface area (Å²) in [5.74, 6) is -1.16. The maximum atomic E-state index is 14.1. The van der Waals surface area contributed by atoms with E-state index in [1.54, 1.807) is 24.3 Å². The molecule has 0 spiro atoms. The van der Waals surface area contributed by atoms with Crippen LogP contribution in [0.15, 0.2) is 60.4 Å². The monoisotopic (exact) mass is 605 g/mol. The number of carbonyl (C=O) groups is 3. The second-order valence-corrected chi connectivity index (χ2v) is 12.2. The number of pyridine rings is 1. The first-order valence-corrected chi connectivity index (χ1v) is 15.8. The zero-order valence-corrected chi connectivity index (χ0v) is 25.2. The molecular formula is C34H43N3O7. The Bertz CT molecular complexity index is 1450. The van der Waals surface area contributed by atoms with Gasteiger partial charge in [0.2, 0.25) is 5.91 Å². The molecule has 3 fully saturated rings. The third-order valence-corrected chi connectivity index (χ3v) is 9.38. The zero-order valence-electron chi connectivity index (χ0n) is 25.2. The highest BCUT2D eigenvalue weighted by molar-refractivity contribution is 5.90. The van der Waals surface area contributed by atoms with Crippen molar-refractivity contribution in [3.05, 3.63) is 66.0 Å². The maximum absolute atomic E-state index is 14.1. The predicted molar refractivity (Wildman–Crippen MR) is 166 cm³/mol. The van der Waals surface area contributed by atoms with E-state index < -0.39 is 36.2 Å². The Labute approximate surface area is 257 Å². The van der Waals surface area contributed by atoms with Crippen molar-refractivity contribution in [2.45, 2.75) is 95.0 Å². The maximum Gasteiger partial charge on any atom is 0.408 e. The lowest BCUT2D eigenvalue weighted by Crippen LogP contribution is -2.55. The van der Waals surface area contributed by atoms with Gasteiger partial charge in [0.15, 0.2) is 5.88 Å². The lowest BCUT2D eigenvalue weighted by Gasteiger charge is -2.31. The van der Waals surface area contributed by atoms with Crippen LogP contribution in [0.4, 0.5) is 4.79 Å². The molecule has 0 radical (unpaired) electrons. The molecule has 2 heterocycles. The number of nitrogens with zero attached hydrogens (tertiary/aromatic N) is 2. The van der Waals surface area contributed by atoms with E-state index in [2.05, 4.69) is 18.5 Å². The van der Waals surface area contributed by atoms with Crippen LogP contribution in [0.5, 0.6) is 5.88 Å². The molecule has 236 valence electrons. The second kappa shape index (κ2) is 14.1. The van der Waals surface area contributed by atoms with Gasteiger partial charge in [0, 0.05) is 24.4 Å². The van der Waals surface area contributed by atoms with Gasteiger partial charge in [0.1, 0.15) is 24.3 Å². The van der Waals surface area contributed by atoms with E-state index in [1.807, 2.05) is 18.2 Å². The Balaban J connectivity index is 1.35. The molecule has 1 aliphatic heterocycles. The first kappa shape index (κ1) is 31.3. The van der Waals surface area contributed by atoms with Crippen molar-refractivity contribution >= 4 is 28.7 Å². The van der Waals surface area contributed by atoms with Gasteiger partial charge in [-0.05, 0) is 68.2 Å². The smallest absolute Gasteiger partial charge is 0.408 e. The number of rotatable bonds is 12. The van der Waals surface area contributed by atoms with Crippen molar-refractivity contribution in [2.24, 2.45) is 11.8 Å². The summed E-state index contributed by atoms with van der Waals surface area (Å²) in [6.07, 6.45) is 9.47. The lowest BCUT2D eigenvalue weighted by atomic mass is 9.96. The number of hydrogen-bond donors (Lipinski definition) is 2. The molecule has 0 unspecified atom stereocenters. The van der Waals surface area contributed by atoms with Crippen molar-refractivity contribution in [2.75, 3.05) is 6.54 Å².